The summed E-state index contributed by atoms with van der Waals surface area (Å²) < 4.78 is 50.5. The van der Waals surface area contributed by atoms with Crippen LogP contribution >= 0.6 is 0 Å². The van der Waals surface area contributed by atoms with Crippen LogP contribution < -0.4 is 9.47 Å². The molecule has 10 rings (SSSR count). The molecular formula is C85H104F2N2O4. The van der Waals surface area contributed by atoms with E-state index in [9.17, 15) is 10.2 Å². The fraction of sp³-hybridized carbons (Fsp3) is 0.435. The van der Waals surface area contributed by atoms with Crippen LogP contribution in [-0.4, -0.2) is 31.6 Å². The molecule has 2 heterocycles. The highest BCUT2D eigenvalue weighted by Crippen LogP contribution is 2.51. The van der Waals surface area contributed by atoms with Gasteiger partial charge in [-0.05, 0) is 213 Å². The molecule has 10 aromatic rings. The molecule has 0 aliphatic heterocycles. The number of phenols is 2. The third kappa shape index (κ3) is 14.0. The molecule has 0 saturated carbocycles. The lowest BCUT2D eigenvalue weighted by Gasteiger charge is -2.34. The van der Waals surface area contributed by atoms with Gasteiger partial charge in [0.25, 0.3) is 0 Å². The Morgan fingerprint density at radius 2 is 0.624 bits per heavy atom. The average Bonchev–Trinajstić information content (AvgIpc) is 1.62. The molecule has 492 valence electrons. The van der Waals surface area contributed by atoms with Crippen molar-refractivity contribution in [3.05, 3.63) is 178 Å². The predicted octanol–water partition coefficient (Wildman–Crippen LogP) is 24.1. The Hall–Kier alpha value is -7.58. The molecule has 6 nitrogen and oxygen atoms in total. The molecule has 93 heavy (non-hydrogen) atoms. The van der Waals surface area contributed by atoms with Crippen molar-refractivity contribution < 1.29 is 28.5 Å². The topological polar surface area (TPSA) is 68.8 Å². The molecular weight excluding hydrogens is 1150 g/mol. The third-order valence-corrected chi connectivity index (χ3v) is 18.9. The monoisotopic (exact) mass is 1250 g/mol. The minimum Gasteiger partial charge on any atom is -0.505 e. The van der Waals surface area contributed by atoms with Gasteiger partial charge in [-0.2, -0.15) is 0 Å². The Bertz CT molecular complexity index is 4080. The third-order valence-electron chi connectivity index (χ3n) is 18.9. The van der Waals surface area contributed by atoms with Crippen LogP contribution in [0, 0.1) is 22.5 Å². The number of hydrogen-bond donors (Lipinski definition) is 2. The van der Waals surface area contributed by atoms with Crippen molar-refractivity contribution in [2.45, 2.75) is 230 Å². The van der Waals surface area contributed by atoms with Crippen LogP contribution in [0.1, 0.15) is 219 Å². The number of fused-ring (bicyclic) bond motifs is 6. The maximum absolute atomic E-state index is 16.1. The van der Waals surface area contributed by atoms with Gasteiger partial charge in [0.05, 0.1) is 45.6 Å². The average molecular weight is 1260 g/mol. The van der Waals surface area contributed by atoms with Gasteiger partial charge >= 0.3 is 0 Å². The second kappa shape index (κ2) is 23.7. The first-order chi connectivity index (χ1) is 42.8. The maximum atomic E-state index is 16.1. The molecule has 0 bridgehead atoms. The molecule has 0 radical (unpaired) electrons. The van der Waals surface area contributed by atoms with Gasteiger partial charge in [-0.3, -0.25) is 0 Å². The number of benzene rings is 8. The summed E-state index contributed by atoms with van der Waals surface area (Å²) in [6, 6.07) is 44.0. The lowest BCUT2D eigenvalue weighted by Crippen LogP contribution is -2.25. The number of rotatable bonds is 14. The van der Waals surface area contributed by atoms with Gasteiger partial charge in [-0.15, -0.1) is 0 Å². The van der Waals surface area contributed by atoms with E-state index in [0.29, 0.717) is 51.5 Å². The number of nitrogens with zero attached hydrogens (tertiary/aromatic N) is 2. The molecule has 0 unspecified atom stereocenters. The Kier molecular flexibility index (Phi) is 17.4. The van der Waals surface area contributed by atoms with E-state index in [1.54, 1.807) is 12.1 Å². The molecule has 0 aliphatic rings. The van der Waals surface area contributed by atoms with E-state index in [-0.39, 0.29) is 54.8 Å². The summed E-state index contributed by atoms with van der Waals surface area (Å²) in [6.07, 6.45) is 1.02. The SMILES string of the molecule is C[C@H](C[C@@H](C)Oc1ccc(F)cc1-c1cc(C(C)(C)CC(C)(C)C)cc(-n2c3ccc(C(C)(C)C)cc3c3cc(C(C)(C)C)ccc32)c1O)Oc1ccc(F)cc1-c1cc(C(C)(C)CC(C)(C)C)cc(-n2c3ccc(C(C)(C)C)cc3c3cc(C(C)(C)C)ccc32)c1O. The van der Waals surface area contributed by atoms with Crippen molar-refractivity contribution in [3.8, 4) is 56.6 Å². The summed E-state index contributed by atoms with van der Waals surface area (Å²) >= 11 is 0. The Morgan fingerprint density at radius 3 is 0.882 bits per heavy atom. The fourth-order valence-electron chi connectivity index (χ4n) is 14.7. The molecule has 0 spiro atoms. The van der Waals surface area contributed by atoms with E-state index in [1.165, 1.54) is 46.5 Å². The standard InChI is InChI=1S/C85H104F2N2O4/c1-50(92-74-35-29-58(86)46-64(74)66-42-56(84(21,22)48-78(3,4)5)44-72(76(66)90)88-68-31-25-52(80(9,10)11)38-60(68)61-39-53(81(12,13)14)26-32-69(61)88)37-51(2)93-75-36-30-59(87)47-65(75)67-43-57(85(23,24)49-79(6,7)8)45-73(77(67)91)89-70-33-27-54(82(15,16)17)40-62(70)63-41-55(83(18,19)20)28-34-71(63)89/h25-36,38-47,50-51,90-91H,37,48-49H2,1-24H3/t50-,51-/m1/s1. The summed E-state index contributed by atoms with van der Waals surface area (Å²) in [5, 5.41) is 30.6. The van der Waals surface area contributed by atoms with Crippen molar-refractivity contribution >= 4 is 43.6 Å². The summed E-state index contributed by atoms with van der Waals surface area (Å²) in [6.45, 7) is 53.2. The molecule has 0 fully saturated rings. The van der Waals surface area contributed by atoms with Crippen LogP contribution in [0.2, 0.25) is 0 Å². The number of ether oxygens (including phenoxy) is 2. The van der Waals surface area contributed by atoms with Crippen molar-refractivity contribution in [2.75, 3.05) is 0 Å². The largest absolute Gasteiger partial charge is 0.505 e. The molecule has 8 heteroatoms. The second-order valence-corrected chi connectivity index (χ2v) is 35.0. The number of aromatic nitrogens is 2. The lowest BCUT2D eigenvalue weighted by atomic mass is 9.71. The molecule has 2 N–H and O–H groups in total. The minimum absolute atomic E-state index is 0.00677. The zero-order chi connectivity index (χ0) is 68.4. The molecule has 0 saturated heterocycles. The van der Waals surface area contributed by atoms with Crippen molar-refractivity contribution in [1.29, 1.82) is 0 Å². The lowest BCUT2D eigenvalue weighted by molar-refractivity contribution is 0.131. The smallest absolute Gasteiger partial charge is 0.147 e. The fourth-order valence-corrected chi connectivity index (χ4v) is 14.7. The Labute approximate surface area is 554 Å². The highest BCUT2D eigenvalue weighted by Gasteiger charge is 2.34. The van der Waals surface area contributed by atoms with Gasteiger partial charge in [0.2, 0.25) is 0 Å². The van der Waals surface area contributed by atoms with Crippen LogP contribution in [0.15, 0.2) is 133 Å². The second-order valence-electron chi connectivity index (χ2n) is 35.0. The van der Waals surface area contributed by atoms with E-state index in [1.807, 2.05) is 26.0 Å². The maximum Gasteiger partial charge on any atom is 0.147 e. The van der Waals surface area contributed by atoms with Gasteiger partial charge < -0.3 is 28.8 Å². The Balaban J connectivity index is 1.06. The van der Waals surface area contributed by atoms with Crippen molar-refractivity contribution in [1.82, 2.24) is 9.13 Å². The zero-order valence-electron chi connectivity index (χ0n) is 60.3. The summed E-state index contributed by atoms with van der Waals surface area (Å²) in [7, 11) is 0. The first kappa shape index (κ1) is 68.3. The highest BCUT2D eigenvalue weighted by molar-refractivity contribution is 6.11. The van der Waals surface area contributed by atoms with E-state index in [4.69, 9.17) is 9.47 Å². The van der Waals surface area contributed by atoms with Crippen LogP contribution in [0.3, 0.4) is 0 Å². The quantitative estimate of drug-likeness (QED) is 0.114. The van der Waals surface area contributed by atoms with E-state index < -0.39 is 23.8 Å². The summed E-state index contributed by atoms with van der Waals surface area (Å²) in [5.74, 6) is -0.115. The van der Waals surface area contributed by atoms with Crippen molar-refractivity contribution in [2.24, 2.45) is 10.8 Å². The normalized spacial score (nSPS) is 14.0. The van der Waals surface area contributed by atoms with E-state index in [0.717, 1.165) is 67.6 Å². The van der Waals surface area contributed by atoms with Crippen LogP contribution in [0.5, 0.6) is 23.0 Å². The first-order valence-corrected chi connectivity index (χ1v) is 33.7. The van der Waals surface area contributed by atoms with Crippen LogP contribution in [-0.2, 0) is 32.5 Å². The van der Waals surface area contributed by atoms with Gasteiger partial charge in [-0.25, -0.2) is 8.78 Å². The molecule has 8 aromatic carbocycles. The minimum atomic E-state index is -0.504. The Morgan fingerprint density at radius 1 is 0.344 bits per heavy atom. The van der Waals surface area contributed by atoms with E-state index in [2.05, 4.69) is 246 Å². The highest BCUT2D eigenvalue weighted by atomic mass is 19.1. The van der Waals surface area contributed by atoms with Crippen LogP contribution in [0.25, 0.3) is 77.2 Å². The van der Waals surface area contributed by atoms with E-state index >= 15 is 8.78 Å². The zero-order valence-corrected chi connectivity index (χ0v) is 60.3. The van der Waals surface area contributed by atoms with Crippen LogP contribution in [0.4, 0.5) is 8.78 Å². The molecule has 2 aromatic heterocycles. The first-order valence-electron chi connectivity index (χ1n) is 33.7. The summed E-state index contributed by atoms with van der Waals surface area (Å²) in [5.41, 5.74) is 12.3. The van der Waals surface area contributed by atoms with Crippen molar-refractivity contribution in [3.63, 3.8) is 0 Å². The molecule has 0 aliphatic carbocycles. The number of aromatic hydroxyl groups is 2. The molecule has 0 amide bonds. The number of phenolic OH excluding ortho intramolecular Hbond substituents is 2. The van der Waals surface area contributed by atoms with Gasteiger partial charge in [0.1, 0.15) is 34.6 Å². The predicted molar refractivity (Wildman–Crippen MR) is 389 cm³/mol. The van der Waals surface area contributed by atoms with Gasteiger partial charge in [0, 0.05) is 50.2 Å². The van der Waals surface area contributed by atoms with Gasteiger partial charge in [0.15, 0.2) is 0 Å². The molecule has 2 atom stereocenters. The number of halogens is 2. The summed E-state index contributed by atoms with van der Waals surface area (Å²) in [4.78, 5) is 0. The number of hydrogen-bond acceptors (Lipinski definition) is 4. The van der Waals surface area contributed by atoms with Gasteiger partial charge in [-0.1, -0.05) is 177 Å².